The second-order valence-corrected chi connectivity index (χ2v) is 10.7. The van der Waals surface area contributed by atoms with Crippen LogP contribution in [0.5, 0.6) is 11.5 Å². The molecule has 0 unspecified atom stereocenters. The van der Waals surface area contributed by atoms with Crippen molar-refractivity contribution in [3.8, 4) is 11.5 Å². The van der Waals surface area contributed by atoms with Crippen molar-refractivity contribution in [2.45, 2.75) is 12.3 Å². The summed E-state index contributed by atoms with van der Waals surface area (Å²) in [5.74, 6) is 1.67. The van der Waals surface area contributed by atoms with Crippen molar-refractivity contribution >= 4 is 11.7 Å². The third-order valence-corrected chi connectivity index (χ3v) is 7.53. The van der Waals surface area contributed by atoms with Gasteiger partial charge in [0.2, 0.25) is 0 Å². The van der Waals surface area contributed by atoms with Crippen LogP contribution < -0.4 is 15.4 Å². The average Bonchev–Trinajstić information content (AvgIpc) is 3.03. The summed E-state index contributed by atoms with van der Waals surface area (Å²) in [4.78, 5) is 18.0. The number of hydrogen-bond donors (Lipinski definition) is 2. The van der Waals surface area contributed by atoms with Crippen molar-refractivity contribution in [1.82, 2.24) is 15.1 Å². The molecule has 42 heavy (non-hydrogen) atoms. The first-order valence-electron chi connectivity index (χ1n) is 14.7. The quantitative estimate of drug-likeness (QED) is 0.183. The molecule has 6 nitrogen and oxygen atoms in total. The molecule has 0 aromatic heterocycles. The van der Waals surface area contributed by atoms with Crippen LogP contribution in [0.1, 0.15) is 23.5 Å². The van der Waals surface area contributed by atoms with Crippen LogP contribution in [0.25, 0.3) is 0 Å². The second kappa shape index (κ2) is 15.0. The fraction of sp³-hybridized carbons (Fsp3) is 0.250. The van der Waals surface area contributed by atoms with E-state index in [4.69, 9.17) is 4.74 Å². The minimum atomic E-state index is -0.131. The minimum absolute atomic E-state index is 0.131. The van der Waals surface area contributed by atoms with E-state index in [1.165, 1.54) is 11.1 Å². The fourth-order valence-corrected chi connectivity index (χ4v) is 5.37. The molecule has 0 atom stereocenters. The number of benzene rings is 4. The first kappa shape index (κ1) is 29.1. The van der Waals surface area contributed by atoms with Crippen molar-refractivity contribution in [1.29, 1.82) is 0 Å². The van der Waals surface area contributed by atoms with Crippen LogP contribution in [-0.2, 0) is 0 Å². The number of carbonyl (C=O) groups excluding carboxylic acids is 1. The molecule has 1 saturated heterocycles. The van der Waals surface area contributed by atoms with Gasteiger partial charge in [-0.2, -0.15) is 0 Å². The largest absolute Gasteiger partial charge is 0.457 e. The number of nitrogens with one attached hydrogen (secondary N) is 2. The lowest BCUT2D eigenvalue weighted by Crippen LogP contribution is -2.45. The molecule has 0 saturated carbocycles. The Kier molecular flexibility index (Phi) is 10.4. The Balaban J connectivity index is 1.28. The standard InChI is InChI=1S/C36H40N4O2/c1-29(27-39-25-22-37-23-26-39)28-40(24-21-35(30-11-5-2-6-12-30)31-13-7-3-8-14-31)36(41)38-32-17-19-34(20-18-32)42-33-15-9-4-10-16-33/h2-20,35,37H,1,21-28H2,(H,38,41). The number of nitrogens with zero attached hydrogens (tertiary/aromatic N) is 2. The predicted octanol–water partition coefficient (Wildman–Crippen LogP) is 7.00. The van der Waals surface area contributed by atoms with Gasteiger partial charge in [0, 0.05) is 57.4 Å². The SMILES string of the molecule is C=C(CN1CCNCC1)CN(CCC(c1ccccc1)c1ccccc1)C(=O)Nc1ccc(Oc2ccccc2)cc1. The molecule has 0 spiro atoms. The van der Waals surface area contributed by atoms with E-state index in [0.29, 0.717) is 18.8 Å². The summed E-state index contributed by atoms with van der Waals surface area (Å²) in [5.41, 5.74) is 4.26. The Morgan fingerprint density at radius 2 is 1.36 bits per heavy atom. The van der Waals surface area contributed by atoms with Crippen molar-refractivity contribution in [2.75, 3.05) is 51.1 Å². The fourth-order valence-electron chi connectivity index (χ4n) is 5.37. The van der Waals surface area contributed by atoms with Crippen LogP contribution in [0, 0.1) is 0 Å². The van der Waals surface area contributed by atoms with Crippen molar-refractivity contribution in [2.24, 2.45) is 0 Å². The Morgan fingerprint density at radius 1 is 0.810 bits per heavy atom. The Hall–Kier alpha value is -4.39. The Morgan fingerprint density at radius 3 is 1.95 bits per heavy atom. The highest BCUT2D eigenvalue weighted by molar-refractivity contribution is 5.89. The lowest BCUT2D eigenvalue weighted by molar-refractivity contribution is 0.210. The monoisotopic (exact) mass is 560 g/mol. The number of carbonyl (C=O) groups is 1. The normalized spacial score (nSPS) is 13.5. The highest BCUT2D eigenvalue weighted by Gasteiger charge is 2.21. The summed E-state index contributed by atoms with van der Waals surface area (Å²) in [6.45, 7) is 10.2. The van der Waals surface area contributed by atoms with E-state index < -0.39 is 0 Å². The van der Waals surface area contributed by atoms with Gasteiger partial charge < -0.3 is 20.3 Å². The lowest BCUT2D eigenvalue weighted by atomic mass is 9.88. The van der Waals surface area contributed by atoms with Gasteiger partial charge in [-0.3, -0.25) is 4.90 Å². The molecular weight excluding hydrogens is 520 g/mol. The number of hydrogen-bond acceptors (Lipinski definition) is 4. The minimum Gasteiger partial charge on any atom is -0.457 e. The molecule has 6 heteroatoms. The number of rotatable bonds is 12. The number of para-hydroxylation sites is 1. The highest BCUT2D eigenvalue weighted by Crippen LogP contribution is 2.29. The van der Waals surface area contributed by atoms with Crippen molar-refractivity contribution in [3.63, 3.8) is 0 Å². The van der Waals surface area contributed by atoms with Crippen LogP contribution in [-0.4, -0.2) is 61.6 Å². The third kappa shape index (κ3) is 8.56. The third-order valence-electron chi connectivity index (χ3n) is 7.53. The molecule has 1 aliphatic rings. The predicted molar refractivity (Wildman–Crippen MR) is 171 cm³/mol. The highest BCUT2D eigenvalue weighted by atomic mass is 16.5. The zero-order valence-electron chi connectivity index (χ0n) is 24.1. The van der Waals surface area contributed by atoms with Gasteiger partial charge in [-0.05, 0) is 59.5 Å². The zero-order chi connectivity index (χ0) is 29.0. The summed E-state index contributed by atoms with van der Waals surface area (Å²) < 4.78 is 5.92. The van der Waals surface area contributed by atoms with Gasteiger partial charge in [-0.15, -0.1) is 0 Å². The second-order valence-electron chi connectivity index (χ2n) is 10.7. The van der Waals surface area contributed by atoms with Gasteiger partial charge in [0.1, 0.15) is 11.5 Å². The van der Waals surface area contributed by atoms with E-state index >= 15 is 0 Å². The van der Waals surface area contributed by atoms with Gasteiger partial charge in [0.25, 0.3) is 0 Å². The van der Waals surface area contributed by atoms with Crippen molar-refractivity contribution in [3.05, 3.63) is 139 Å². The molecule has 0 bridgehead atoms. The van der Waals surface area contributed by atoms with E-state index in [2.05, 4.69) is 70.6 Å². The van der Waals surface area contributed by atoms with Gasteiger partial charge >= 0.3 is 6.03 Å². The van der Waals surface area contributed by atoms with E-state index in [1.54, 1.807) is 0 Å². The molecule has 216 valence electrons. The molecule has 5 rings (SSSR count). The molecular formula is C36H40N4O2. The van der Waals surface area contributed by atoms with E-state index in [-0.39, 0.29) is 11.9 Å². The van der Waals surface area contributed by atoms with Crippen LogP contribution in [0.2, 0.25) is 0 Å². The maximum absolute atomic E-state index is 13.7. The van der Waals surface area contributed by atoms with Gasteiger partial charge in [-0.25, -0.2) is 4.79 Å². The van der Waals surface area contributed by atoms with Crippen molar-refractivity contribution < 1.29 is 9.53 Å². The number of ether oxygens (including phenoxy) is 1. The number of amides is 2. The summed E-state index contributed by atoms with van der Waals surface area (Å²) in [6, 6.07) is 38.1. The lowest BCUT2D eigenvalue weighted by Gasteiger charge is -2.31. The molecule has 1 heterocycles. The number of piperazine rings is 1. The Bertz CT molecular complexity index is 1350. The molecule has 2 N–H and O–H groups in total. The van der Waals surface area contributed by atoms with Gasteiger partial charge in [-0.1, -0.05) is 85.4 Å². The van der Waals surface area contributed by atoms with Crippen LogP contribution in [0.4, 0.5) is 10.5 Å². The van der Waals surface area contributed by atoms with E-state index in [0.717, 1.165) is 56.2 Å². The first-order chi connectivity index (χ1) is 20.6. The average molecular weight is 561 g/mol. The molecule has 0 aliphatic carbocycles. The van der Waals surface area contributed by atoms with E-state index in [1.807, 2.05) is 71.6 Å². The number of anilines is 1. The zero-order valence-corrected chi connectivity index (χ0v) is 24.1. The van der Waals surface area contributed by atoms with Crippen LogP contribution >= 0.6 is 0 Å². The molecule has 0 radical (unpaired) electrons. The molecule has 1 aliphatic heterocycles. The van der Waals surface area contributed by atoms with Gasteiger partial charge in [0.15, 0.2) is 0 Å². The maximum Gasteiger partial charge on any atom is 0.322 e. The molecule has 4 aromatic carbocycles. The maximum atomic E-state index is 13.7. The van der Waals surface area contributed by atoms with Gasteiger partial charge in [0.05, 0.1) is 0 Å². The van der Waals surface area contributed by atoms with Crippen LogP contribution in [0.3, 0.4) is 0 Å². The van der Waals surface area contributed by atoms with E-state index in [9.17, 15) is 4.79 Å². The molecule has 1 fully saturated rings. The summed E-state index contributed by atoms with van der Waals surface area (Å²) in [7, 11) is 0. The summed E-state index contributed by atoms with van der Waals surface area (Å²) >= 11 is 0. The summed E-state index contributed by atoms with van der Waals surface area (Å²) in [5, 5.41) is 6.51. The van der Waals surface area contributed by atoms with Crippen LogP contribution in [0.15, 0.2) is 127 Å². The topological polar surface area (TPSA) is 56.8 Å². The smallest absolute Gasteiger partial charge is 0.322 e. The first-order valence-corrected chi connectivity index (χ1v) is 14.7. The number of urea groups is 1. The molecule has 4 aromatic rings. The summed E-state index contributed by atoms with van der Waals surface area (Å²) in [6.07, 6.45) is 0.798. The molecule has 2 amide bonds. The Labute approximate surface area is 249 Å².